The highest BCUT2D eigenvalue weighted by atomic mass is 127. The van der Waals surface area contributed by atoms with E-state index in [1.165, 1.54) is 29.7 Å². The number of aromatic nitrogens is 1. The first-order chi connectivity index (χ1) is 14.5. The molecule has 1 aromatic carbocycles. The van der Waals surface area contributed by atoms with Crippen molar-refractivity contribution in [3.63, 3.8) is 0 Å². The fraction of sp³-hybridized carbons (Fsp3) is 0.522. The molecule has 6 nitrogen and oxygen atoms in total. The summed E-state index contributed by atoms with van der Waals surface area (Å²) in [6.45, 7) is 6.97. The largest absolute Gasteiger partial charge is 0.462 e. The first-order valence-corrected chi connectivity index (χ1v) is 11.5. The molecule has 0 aliphatic heterocycles. The molecule has 1 heterocycles. The van der Waals surface area contributed by atoms with Crippen LogP contribution in [0, 0.1) is 18.8 Å². The van der Waals surface area contributed by atoms with E-state index in [2.05, 4.69) is 44.9 Å². The van der Waals surface area contributed by atoms with Gasteiger partial charge in [0, 0.05) is 13.6 Å². The topological polar surface area (TPSA) is 75.6 Å². The monoisotopic (exact) mass is 554 g/mol. The Labute approximate surface area is 205 Å². The molecule has 2 aliphatic rings. The van der Waals surface area contributed by atoms with Crippen LogP contribution in [0.15, 0.2) is 29.3 Å². The molecule has 2 N–H and O–H groups in total. The molecular formula is C23H31IN4O2S. The number of hydrogen-bond donors (Lipinski definition) is 2. The quantitative estimate of drug-likeness (QED) is 0.239. The van der Waals surface area contributed by atoms with Crippen molar-refractivity contribution in [3.05, 3.63) is 51.0 Å². The van der Waals surface area contributed by atoms with Gasteiger partial charge in [-0.15, -0.1) is 35.3 Å². The maximum Gasteiger partial charge on any atom is 0.350 e. The first-order valence-electron chi connectivity index (χ1n) is 10.7. The van der Waals surface area contributed by atoms with Crippen molar-refractivity contribution in [2.45, 2.75) is 45.6 Å². The van der Waals surface area contributed by atoms with Gasteiger partial charge < -0.3 is 15.4 Å². The lowest BCUT2D eigenvalue weighted by molar-refractivity contribution is 0.0531. The summed E-state index contributed by atoms with van der Waals surface area (Å²) in [5.74, 6) is 2.61. The maximum absolute atomic E-state index is 12.1. The van der Waals surface area contributed by atoms with Gasteiger partial charge in [0.2, 0.25) is 0 Å². The molecule has 4 unspecified atom stereocenters. The normalized spacial score (nSPS) is 22.5. The van der Waals surface area contributed by atoms with Crippen LogP contribution in [0.5, 0.6) is 0 Å². The Morgan fingerprint density at radius 2 is 2.16 bits per heavy atom. The summed E-state index contributed by atoms with van der Waals surface area (Å²) < 4.78 is 5.12. The highest BCUT2D eigenvalue weighted by Gasteiger charge is 2.52. The van der Waals surface area contributed by atoms with Crippen molar-refractivity contribution in [2.24, 2.45) is 16.8 Å². The minimum Gasteiger partial charge on any atom is -0.462 e. The summed E-state index contributed by atoms with van der Waals surface area (Å²) in [5.41, 5.74) is 3.78. The second kappa shape index (κ2) is 10.3. The zero-order valence-electron chi connectivity index (χ0n) is 18.5. The molecule has 0 saturated heterocycles. The van der Waals surface area contributed by atoms with Crippen LogP contribution < -0.4 is 10.6 Å². The molecule has 1 fully saturated rings. The number of benzene rings is 1. The van der Waals surface area contributed by atoms with Gasteiger partial charge in [-0.2, -0.15) is 0 Å². The number of rotatable bonds is 6. The minimum absolute atomic E-state index is 0. The van der Waals surface area contributed by atoms with E-state index in [9.17, 15) is 4.79 Å². The van der Waals surface area contributed by atoms with Gasteiger partial charge in [-0.1, -0.05) is 24.3 Å². The predicted molar refractivity (Wildman–Crippen MR) is 136 cm³/mol. The van der Waals surface area contributed by atoms with Crippen molar-refractivity contribution in [1.29, 1.82) is 0 Å². The maximum atomic E-state index is 12.1. The van der Waals surface area contributed by atoms with E-state index in [4.69, 9.17) is 4.74 Å². The van der Waals surface area contributed by atoms with Crippen LogP contribution in [0.3, 0.4) is 0 Å². The Hall–Kier alpha value is -1.68. The smallest absolute Gasteiger partial charge is 0.350 e. The molecule has 31 heavy (non-hydrogen) atoms. The predicted octanol–water partition coefficient (Wildman–Crippen LogP) is 4.45. The molecule has 0 spiro atoms. The highest BCUT2D eigenvalue weighted by Crippen LogP contribution is 2.59. The zero-order valence-corrected chi connectivity index (χ0v) is 21.6. The highest BCUT2D eigenvalue weighted by molar-refractivity contribution is 14.0. The Kier molecular flexibility index (Phi) is 7.96. The Morgan fingerprint density at radius 1 is 1.39 bits per heavy atom. The molecule has 0 radical (unpaired) electrons. The number of aliphatic imine (C=N–C) groups is 1. The molecular weight excluding hydrogens is 523 g/mol. The van der Waals surface area contributed by atoms with Gasteiger partial charge in [-0.3, -0.25) is 4.99 Å². The number of aryl methyl sites for hydroxylation is 2. The molecule has 0 bridgehead atoms. The van der Waals surface area contributed by atoms with E-state index in [0.29, 0.717) is 29.0 Å². The number of guanidine groups is 1. The number of nitrogens with one attached hydrogen (secondary N) is 2. The van der Waals surface area contributed by atoms with Crippen molar-refractivity contribution in [3.8, 4) is 0 Å². The van der Waals surface area contributed by atoms with Gasteiger partial charge in [-0.25, -0.2) is 9.78 Å². The summed E-state index contributed by atoms with van der Waals surface area (Å²) >= 11 is 1.38. The Balaban J connectivity index is 0.00000272. The molecule has 4 rings (SSSR count). The standard InChI is InChI=1S/C23H30N4O2S.HI/c1-5-29-22(28)20-13(2)26-21(30-20)14(3)27-23(24-4)25-12-18-17-11-10-15-8-6-7-9-16(15)19(17)18;/h6-9,14,17-19H,5,10-12H2,1-4H3,(H2,24,25,27);1H. The van der Waals surface area contributed by atoms with E-state index in [-0.39, 0.29) is 36.0 Å². The number of ether oxygens (including phenoxy) is 1. The fourth-order valence-electron chi connectivity index (χ4n) is 4.65. The van der Waals surface area contributed by atoms with Gasteiger partial charge in [0.1, 0.15) is 9.88 Å². The second-order valence-corrected chi connectivity index (χ2v) is 9.13. The SMILES string of the molecule is CCOC(=O)c1sc(C(C)NC(=NC)NCC2C3CCc4ccccc4C32)nc1C.I. The number of halogens is 1. The van der Waals surface area contributed by atoms with Crippen molar-refractivity contribution >= 4 is 47.2 Å². The van der Waals surface area contributed by atoms with Crippen LogP contribution in [0.2, 0.25) is 0 Å². The summed E-state index contributed by atoms with van der Waals surface area (Å²) in [6, 6.07) is 8.83. The summed E-state index contributed by atoms with van der Waals surface area (Å²) in [7, 11) is 1.79. The molecule has 168 valence electrons. The molecule has 2 aliphatic carbocycles. The van der Waals surface area contributed by atoms with Gasteiger partial charge in [0.25, 0.3) is 0 Å². The van der Waals surface area contributed by atoms with Gasteiger partial charge >= 0.3 is 5.97 Å². The van der Waals surface area contributed by atoms with Crippen molar-refractivity contribution in [1.82, 2.24) is 15.6 Å². The average Bonchev–Trinajstić information content (AvgIpc) is 3.33. The molecule has 2 aromatic rings. The van der Waals surface area contributed by atoms with Crippen LogP contribution in [0.1, 0.15) is 63.7 Å². The van der Waals surface area contributed by atoms with Gasteiger partial charge in [0.05, 0.1) is 18.3 Å². The van der Waals surface area contributed by atoms with Crippen LogP contribution >= 0.6 is 35.3 Å². The van der Waals surface area contributed by atoms with E-state index in [1.807, 2.05) is 20.8 Å². The molecule has 8 heteroatoms. The van der Waals surface area contributed by atoms with Crippen LogP contribution in [-0.2, 0) is 11.2 Å². The summed E-state index contributed by atoms with van der Waals surface area (Å²) in [5, 5.41) is 7.77. The third kappa shape index (κ3) is 5.05. The summed E-state index contributed by atoms with van der Waals surface area (Å²) in [6.07, 6.45) is 2.48. The van der Waals surface area contributed by atoms with E-state index in [1.54, 1.807) is 12.6 Å². The number of hydrogen-bond acceptors (Lipinski definition) is 5. The van der Waals surface area contributed by atoms with Crippen molar-refractivity contribution in [2.75, 3.05) is 20.2 Å². The second-order valence-electron chi connectivity index (χ2n) is 8.10. The third-order valence-corrected chi connectivity index (χ3v) is 7.54. The van der Waals surface area contributed by atoms with E-state index in [0.717, 1.165) is 23.4 Å². The lowest BCUT2D eigenvalue weighted by atomic mass is 9.92. The minimum atomic E-state index is -0.301. The Bertz CT molecular complexity index is 961. The number of esters is 1. The molecule has 1 saturated carbocycles. The van der Waals surface area contributed by atoms with Crippen LogP contribution in [0.4, 0.5) is 0 Å². The van der Waals surface area contributed by atoms with Gasteiger partial charge in [0.15, 0.2) is 5.96 Å². The molecule has 4 atom stereocenters. The lowest BCUT2D eigenvalue weighted by Crippen LogP contribution is -2.39. The molecule has 0 amide bonds. The van der Waals surface area contributed by atoms with E-state index < -0.39 is 0 Å². The number of fused-ring (bicyclic) bond motifs is 3. The van der Waals surface area contributed by atoms with Crippen molar-refractivity contribution < 1.29 is 9.53 Å². The van der Waals surface area contributed by atoms with E-state index >= 15 is 0 Å². The zero-order chi connectivity index (χ0) is 21.3. The first kappa shape index (κ1) is 24.0. The van der Waals surface area contributed by atoms with Gasteiger partial charge in [-0.05, 0) is 62.5 Å². The van der Waals surface area contributed by atoms with Crippen LogP contribution in [-0.4, -0.2) is 37.1 Å². The van der Waals surface area contributed by atoms with Crippen LogP contribution in [0.25, 0.3) is 0 Å². The lowest BCUT2D eigenvalue weighted by Gasteiger charge is -2.16. The Morgan fingerprint density at radius 3 is 2.90 bits per heavy atom. The number of nitrogens with zero attached hydrogens (tertiary/aromatic N) is 2. The third-order valence-electron chi connectivity index (χ3n) is 6.22. The molecule has 1 aromatic heterocycles. The number of thiazole rings is 1. The summed E-state index contributed by atoms with van der Waals surface area (Å²) in [4.78, 5) is 21.6. The number of carbonyl (C=O) groups is 1. The number of carbonyl (C=O) groups excluding carboxylic acids is 1. The average molecular weight is 554 g/mol. The fourth-order valence-corrected chi connectivity index (χ4v) is 5.62.